The van der Waals surface area contributed by atoms with Crippen LogP contribution in [-0.4, -0.2) is 45.0 Å². The summed E-state index contributed by atoms with van der Waals surface area (Å²) >= 11 is 0. The zero-order chi connectivity index (χ0) is 24.1. The number of aromatic nitrogens is 3. The van der Waals surface area contributed by atoms with Gasteiger partial charge in [-0.1, -0.05) is 23.8 Å². The van der Waals surface area contributed by atoms with Crippen LogP contribution >= 0.6 is 0 Å². The molecule has 176 valence electrons. The number of nitriles is 1. The Kier molecular flexibility index (Phi) is 7.20. The van der Waals surface area contributed by atoms with Crippen LogP contribution in [0.4, 0.5) is 0 Å². The number of ether oxygens (including phenoxy) is 1. The van der Waals surface area contributed by atoms with Gasteiger partial charge in [0.25, 0.3) is 0 Å². The minimum Gasteiger partial charge on any atom is -0.394 e. The molecule has 0 aliphatic heterocycles. The second kappa shape index (κ2) is 10.3. The Bertz CT molecular complexity index is 1170. The van der Waals surface area contributed by atoms with Crippen molar-refractivity contribution in [2.75, 3.05) is 13.2 Å². The predicted molar refractivity (Wildman–Crippen MR) is 128 cm³/mol. The number of carbonyl (C=O) groups is 1. The van der Waals surface area contributed by atoms with Crippen molar-refractivity contribution in [3.63, 3.8) is 0 Å². The second-order valence-electron chi connectivity index (χ2n) is 9.03. The summed E-state index contributed by atoms with van der Waals surface area (Å²) in [5.41, 5.74) is 4.42. The maximum absolute atomic E-state index is 13.0. The van der Waals surface area contributed by atoms with Gasteiger partial charge in [0.05, 0.1) is 59.6 Å². The fourth-order valence-corrected chi connectivity index (χ4v) is 4.62. The SMILES string of the molecule is Cc1ccc(-n2ncc(C(=O)Cc3ccc(C4(C#N)CCC(OCCO)CC4)nc3)c2C)cc1. The van der Waals surface area contributed by atoms with Crippen molar-refractivity contribution < 1.29 is 14.6 Å². The van der Waals surface area contributed by atoms with Crippen LogP contribution in [0.1, 0.15) is 58.6 Å². The zero-order valence-corrected chi connectivity index (χ0v) is 19.7. The third-order valence-corrected chi connectivity index (χ3v) is 6.71. The molecule has 7 heteroatoms. The fourth-order valence-electron chi connectivity index (χ4n) is 4.62. The Hall–Kier alpha value is -3.34. The van der Waals surface area contributed by atoms with Crippen molar-refractivity contribution >= 4 is 5.78 Å². The van der Waals surface area contributed by atoms with Gasteiger partial charge in [-0.2, -0.15) is 10.4 Å². The maximum Gasteiger partial charge on any atom is 0.170 e. The Morgan fingerprint density at radius 2 is 1.91 bits per heavy atom. The first-order valence-electron chi connectivity index (χ1n) is 11.7. The molecule has 0 spiro atoms. The molecule has 0 saturated heterocycles. The van der Waals surface area contributed by atoms with E-state index in [2.05, 4.69) is 16.2 Å². The molecule has 0 amide bonds. The van der Waals surface area contributed by atoms with Gasteiger partial charge < -0.3 is 9.84 Å². The first kappa shape index (κ1) is 23.8. The standard InChI is InChI=1S/C27H30N4O3/c1-19-3-6-22(7-4-19)31-20(2)24(17-30-31)25(33)15-21-5-8-26(29-16-21)27(18-28)11-9-23(10-12-27)34-14-13-32/h3-8,16-17,23,32H,9-15H2,1-2H3. The van der Waals surface area contributed by atoms with Crippen LogP contribution in [0.5, 0.6) is 0 Å². The third-order valence-electron chi connectivity index (χ3n) is 6.71. The first-order valence-corrected chi connectivity index (χ1v) is 11.7. The minimum atomic E-state index is -0.632. The van der Waals surface area contributed by atoms with Crippen LogP contribution in [0.3, 0.4) is 0 Å². The van der Waals surface area contributed by atoms with Crippen molar-refractivity contribution in [1.82, 2.24) is 14.8 Å². The number of carbonyl (C=O) groups excluding carboxylic acids is 1. The Balaban J connectivity index is 1.43. The van der Waals surface area contributed by atoms with Gasteiger partial charge in [0.2, 0.25) is 0 Å². The van der Waals surface area contributed by atoms with Gasteiger partial charge in [-0.15, -0.1) is 0 Å². The summed E-state index contributed by atoms with van der Waals surface area (Å²) in [6.45, 7) is 4.27. The summed E-state index contributed by atoms with van der Waals surface area (Å²) in [5.74, 6) is -0.0121. The van der Waals surface area contributed by atoms with E-state index in [9.17, 15) is 10.1 Å². The Morgan fingerprint density at radius 3 is 2.53 bits per heavy atom. The summed E-state index contributed by atoms with van der Waals surface area (Å²) in [6.07, 6.45) is 6.50. The maximum atomic E-state index is 13.0. The fraction of sp³-hybridized carbons (Fsp3) is 0.407. The monoisotopic (exact) mass is 458 g/mol. The van der Waals surface area contributed by atoms with Gasteiger partial charge in [0.1, 0.15) is 0 Å². The molecule has 4 rings (SSSR count). The first-order chi connectivity index (χ1) is 16.5. The van der Waals surface area contributed by atoms with E-state index in [0.717, 1.165) is 35.5 Å². The quantitative estimate of drug-likeness (QED) is 0.512. The molecule has 1 aromatic carbocycles. The molecule has 7 nitrogen and oxygen atoms in total. The largest absolute Gasteiger partial charge is 0.394 e. The third kappa shape index (κ3) is 4.93. The molecule has 1 aliphatic rings. The van der Waals surface area contributed by atoms with Gasteiger partial charge in [-0.05, 0) is 63.3 Å². The number of pyridine rings is 1. The number of nitrogens with zero attached hydrogens (tertiary/aromatic N) is 4. The van der Waals surface area contributed by atoms with Gasteiger partial charge in [0, 0.05) is 12.6 Å². The number of ketones is 1. The van der Waals surface area contributed by atoms with Crippen molar-refractivity contribution in [3.05, 3.63) is 76.9 Å². The molecule has 0 atom stereocenters. The molecule has 0 unspecified atom stereocenters. The molecule has 1 saturated carbocycles. The predicted octanol–water partition coefficient (Wildman–Crippen LogP) is 4.02. The molecule has 34 heavy (non-hydrogen) atoms. The van der Waals surface area contributed by atoms with Crippen molar-refractivity contribution in [2.45, 2.75) is 57.5 Å². The van der Waals surface area contributed by atoms with E-state index in [0.29, 0.717) is 25.0 Å². The van der Waals surface area contributed by atoms with E-state index in [4.69, 9.17) is 9.84 Å². The molecular formula is C27H30N4O3. The number of aryl methyl sites for hydroxylation is 1. The van der Waals surface area contributed by atoms with Crippen LogP contribution in [0, 0.1) is 25.2 Å². The average molecular weight is 459 g/mol. The van der Waals surface area contributed by atoms with Gasteiger partial charge in [-0.25, -0.2) is 4.68 Å². The number of benzene rings is 1. The van der Waals surface area contributed by atoms with E-state index in [-0.39, 0.29) is 24.9 Å². The number of rotatable bonds is 8. The van der Waals surface area contributed by atoms with Crippen molar-refractivity contribution in [2.24, 2.45) is 0 Å². The lowest BCUT2D eigenvalue weighted by Crippen LogP contribution is -2.34. The molecule has 2 heterocycles. The molecular weight excluding hydrogens is 428 g/mol. The van der Waals surface area contributed by atoms with E-state index in [1.54, 1.807) is 17.1 Å². The number of aliphatic hydroxyl groups is 1. The lowest BCUT2D eigenvalue weighted by molar-refractivity contribution is 0.000472. The average Bonchev–Trinajstić information content (AvgIpc) is 3.25. The molecule has 1 fully saturated rings. The Labute approximate surface area is 200 Å². The molecule has 0 bridgehead atoms. The molecule has 0 radical (unpaired) electrons. The molecule has 3 aromatic rings. The molecule has 1 aliphatic carbocycles. The number of hydrogen-bond donors (Lipinski definition) is 1. The Morgan fingerprint density at radius 1 is 1.18 bits per heavy atom. The summed E-state index contributed by atoms with van der Waals surface area (Å²) in [6, 6.07) is 14.3. The highest BCUT2D eigenvalue weighted by Crippen LogP contribution is 2.39. The number of hydrogen-bond acceptors (Lipinski definition) is 6. The lowest BCUT2D eigenvalue weighted by Gasteiger charge is -2.34. The molecule has 1 N–H and O–H groups in total. The number of Topliss-reactive ketones (excluding diaryl/α,β-unsaturated/α-hetero) is 1. The smallest absolute Gasteiger partial charge is 0.170 e. The van der Waals surface area contributed by atoms with E-state index >= 15 is 0 Å². The van der Waals surface area contributed by atoms with E-state index < -0.39 is 5.41 Å². The van der Waals surface area contributed by atoms with Crippen LogP contribution in [0.25, 0.3) is 5.69 Å². The number of aliphatic hydroxyl groups excluding tert-OH is 1. The van der Waals surface area contributed by atoms with Crippen LogP contribution in [0.15, 0.2) is 48.8 Å². The summed E-state index contributed by atoms with van der Waals surface area (Å²) < 4.78 is 7.41. The zero-order valence-electron chi connectivity index (χ0n) is 19.7. The minimum absolute atomic E-state index is 0.00783. The summed E-state index contributed by atoms with van der Waals surface area (Å²) in [4.78, 5) is 17.6. The van der Waals surface area contributed by atoms with Crippen molar-refractivity contribution in [3.8, 4) is 11.8 Å². The second-order valence-corrected chi connectivity index (χ2v) is 9.03. The summed E-state index contributed by atoms with van der Waals surface area (Å²) in [7, 11) is 0. The van der Waals surface area contributed by atoms with Crippen LogP contribution in [0.2, 0.25) is 0 Å². The highest BCUT2D eigenvalue weighted by Gasteiger charge is 2.38. The van der Waals surface area contributed by atoms with Gasteiger partial charge >= 0.3 is 0 Å². The van der Waals surface area contributed by atoms with Crippen LogP contribution < -0.4 is 0 Å². The van der Waals surface area contributed by atoms with Gasteiger partial charge in [-0.3, -0.25) is 9.78 Å². The van der Waals surface area contributed by atoms with Gasteiger partial charge in [0.15, 0.2) is 5.78 Å². The summed E-state index contributed by atoms with van der Waals surface area (Å²) in [5, 5.41) is 23.3. The van der Waals surface area contributed by atoms with E-state index in [1.165, 1.54) is 5.56 Å². The van der Waals surface area contributed by atoms with Crippen LogP contribution in [-0.2, 0) is 16.6 Å². The highest BCUT2D eigenvalue weighted by atomic mass is 16.5. The normalized spacial score (nSPS) is 20.1. The highest BCUT2D eigenvalue weighted by molar-refractivity contribution is 5.98. The topological polar surface area (TPSA) is 101 Å². The van der Waals surface area contributed by atoms with Crippen molar-refractivity contribution in [1.29, 1.82) is 5.26 Å². The lowest BCUT2D eigenvalue weighted by atomic mass is 9.71. The molecule has 2 aromatic heterocycles. The van der Waals surface area contributed by atoms with E-state index in [1.807, 2.05) is 50.2 Å².